The van der Waals surface area contributed by atoms with Gasteiger partial charge in [-0.2, -0.15) is 0 Å². The molecule has 1 aromatic rings. The average molecular weight is 285 g/mol. The second-order valence-corrected chi connectivity index (χ2v) is 8.74. The maximum Gasteiger partial charge on any atom is 0.618 e. The topological polar surface area (TPSA) is 0 Å². The third-order valence-electron chi connectivity index (χ3n) is 2.52. The number of halogens is 2. The standard InChI is InChI=1S/C14H21.2ClH.Mg/c1-13(2,3)11-8-7-9-12(10-11)14(4,5)6;;;/h8-10H,1-6H3;2*1H;/q;;;+2/p-2. The van der Waals surface area contributed by atoms with Crippen LogP contribution in [0.3, 0.4) is 0 Å². The van der Waals surface area contributed by atoms with Crippen molar-refractivity contribution in [1.29, 1.82) is 0 Å². The van der Waals surface area contributed by atoms with E-state index in [1.165, 1.54) is 11.1 Å². The van der Waals surface area contributed by atoms with E-state index >= 15 is 0 Å². The molecule has 0 saturated carbocycles. The summed E-state index contributed by atoms with van der Waals surface area (Å²) in [5.74, 6) is 0. The highest BCUT2D eigenvalue weighted by Crippen LogP contribution is 2.28. The Kier molecular flexibility index (Phi) is 7.47. The first kappa shape index (κ1) is 17.6. The maximum atomic E-state index is 4.90. The van der Waals surface area contributed by atoms with Crippen LogP contribution in [0.5, 0.6) is 0 Å². The van der Waals surface area contributed by atoms with Gasteiger partial charge in [0.25, 0.3) is 0 Å². The fourth-order valence-electron chi connectivity index (χ4n) is 1.34. The Hall–Kier alpha value is 0.566. The third kappa shape index (κ3) is 6.90. The van der Waals surface area contributed by atoms with E-state index in [0.717, 1.165) is 0 Å². The van der Waals surface area contributed by atoms with Crippen molar-refractivity contribution in [2.75, 3.05) is 0 Å². The van der Waals surface area contributed by atoms with E-state index in [0.29, 0.717) is 0 Å². The molecule has 0 aliphatic rings. The molecule has 0 aromatic heterocycles. The van der Waals surface area contributed by atoms with E-state index in [4.69, 9.17) is 18.1 Å². The molecule has 0 N–H and O–H groups in total. The number of hydrogen-bond donors (Lipinski definition) is 0. The van der Waals surface area contributed by atoms with Crippen LogP contribution in [0, 0.1) is 6.07 Å². The zero-order chi connectivity index (χ0) is 13.7. The second-order valence-electron chi connectivity index (χ2n) is 6.11. The van der Waals surface area contributed by atoms with Gasteiger partial charge >= 0.3 is 18.2 Å². The number of rotatable bonds is 0. The van der Waals surface area contributed by atoms with Gasteiger partial charge in [0.2, 0.25) is 0 Å². The van der Waals surface area contributed by atoms with Gasteiger partial charge in [0.15, 0.2) is 0 Å². The Morgan fingerprint density at radius 2 is 1.18 bits per heavy atom. The molecular weight excluding hydrogens is 263 g/mol. The van der Waals surface area contributed by atoms with Gasteiger partial charge in [-0.05, 0) is 28.0 Å². The van der Waals surface area contributed by atoms with Gasteiger partial charge in [-0.25, -0.2) is 0 Å². The third-order valence-corrected chi connectivity index (χ3v) is 2.52. The molecule has 17 heavy (non-hydrogen) atoms. The van der Waals surface area contributed by atoms with Gasteiger partial charge in [0.05, 0.1) is 0 Å². The Labute approximate surface area is 123 Å². The van der Waals surface area contributed by atoms with Crippen molar-refractivity contribution in [2.24, 2.45) is 0 Å². The predicted molar refractivity (Wildman–Crippen MR) is 80.1 cm³/mol. The van der Waals surface area contributed by atoms with Gasteiger partial charge in [0.1, 0.15) is 0 Å². The summed E-state index contributed by atoms with van der Waals surface area (Å²) in [6.45, 7) is 13.4. The Balaban J connectivity index is 0.000000770. The summed E-state index contributed by atoms with van der Waals surface area (Å²) >= 11 is -0.639. The second kappa shape index (κ2) is 7.23. The smallest absolute Gasteiger partial charge is 0.309 e. The molecule has 0 unspecified atom stereocenters. The Bertz CT molecular complexity index is 306. The molecule has 0 nitrogen and oxygen atoms in total. The molecule has 0 spiro atoms. The molecule has 0 bridgehead atoms. The molecule has 0 amide bonds. The van der Waals surface area contributed by atoms with Crippen LogP contribution in [0.25, 0.3) is 0 Å². The van der Waals surface area contributed by atoms with E-state index in [1.54, 1.807) is 0 Å². The molecule has 93 valence electrons. The summed E-state index contributed by atoms with van der Waals surface area (Å²) in [4.78, 5) is 0. The number of benzene rings is 1. The van der Waals surface area contributed by atoms with Crippen LogP contribution in [-0.4, -0.2) is 18.2 Å². The van der Waals surface area contributed by atoms with Crippen LogP contribution < -0.4 is 0 Å². The van der Waals surface area contributed by atoms with Crippen LogP contribution >= 0.6 is 18.1 Å². The van der Waals surface area contributed by atoms with E-state index < -0.39 is 18.2 Å². The Morgan fingerprint density at radius 3 is 1.41 bits per heavy atom. The molecule has 0 fully saturated rings. The minimum atomic E-state index is -0.639. The first-order valence-electron chi connectivity index (χ1n) is 5.77. The molecule has 0 aliphatic carbocycles. The quantitative estimate of drug-likeness (QED) is 0.583. The van der Waals surface area contributed by atoms with Crippen molar-refractivity contribution < 1.29 is 0 Å². The summed E-state index contributed by atoms with van der Waals surface area (Å²) < 4.78 is 0. The van der Waals surface area contributed by atoms with Crippen LogP contribution in [0.1, 0.15) is 52.7 Å². The molecule has 1 aromatic carbocycles. The fraction of sp³-hybridized carbons (Fsp3) is 0.571. The molecular formula is C14H21Cl2Mg. The van der Waals surface area contributed by atoms with Gasteiger partial charge < -0.3 is 18.1 Å². The van der Waals surface area contributed by atoms with Crippen LogP contribution in [0.2, 0.25) is 0 Å². The maximum absolute atomic E-state index is 4.90. The van der Waals surface area contributed by atoms with E-state index in [-0.39, 0.29) is 10.8 Å². The van der Waals surface area contributed by atoms with Crippen LogP contribution in [0.15, 0.2) is 18.2 Å². The summed E-state index contributed by atoms with van der Waals surface area (Å²) in [5, 5.41) is 0. The zero-order valence-corrected chi connectivity index (χ0v) is 14.6. The zero-order valence-electron chi connectivity index (χ0n) is 11.7. The minimum absolute atomic E-state index is 0.220. The highest BCUT2D eigenvalue weighted by Gasteiger charge is 2.18. The van der Waals surface area contributed by atoms with Crippen molar-refractivity contribution in [3.63, 3.8) is 0 Å². The summed E-state index contributed by atoms with van der Waals surface area (Å²) in [5.41, 5.74) is 3.17. The molecule has 0 aliphatic heterocycles. The lowest BCUT2D eigenvalue weighted by Gasteiger charge is -2.24. The van der Waals surface area contributed by atoms with Crippen molar-refractivity contribution >= 4 is 36.3 Å². The van der Waals surface area contributed by atoms with E-state index in [1.807, 2.05) is 0 Å². The predicted octanol–water partition coefficient (Wildman–Crippen LogP) is 5.08. The molecule has 0 saturated heterocycles. The molecule has 0 heterocycles. The SMILES string of the molecule is CC(C)(C)c1c[c]cc(C(C)(C)C)c1.[Cl][Mg][Cl]. The summed E-state index contributed by atoms with van der Waals surface area (Å²) in [7, 11) is 9.81. The Morgan fingerprint density at radius 1 is 0.882 bits per heavy atom. The normalized spacial score (nSPS) is 11.3. The number of hydrogen-bond acceptors (Lipinski definition) is 0. The lowest BCUT2D eigenvalue weighted by Crippen LogP contribution is -2.15. The van der Waals surface area contributed by atoms with Gasteiger partial charge in [-0.15, -0.1) is 0 Å². The van der Waals surface area contributed by atoms with Crippen molar-refractivity contribution in [3.05, 3.63) is 35.4 Å². The van der Waals surface area contributed by atoms with E-state index in [9.17, 15) is 0 Å². The minimum Gasteiger partial charge on any atom is -0.309 e. The molecule has 3 heteroatoms. The van der Waals surface area contributed by atoms with Crippen LogP contribution in [-0.2, 0) is 10.8 Å². The first-order valence-corrected chi connectivity index (χ1v) is 10.0. The van der Waals surface area contributed by atoms with Gasteiger partial charge in [0, 0.05) is 0 Å². The lowest BCUT2D eigenvalue weighted by atomic mass is 9.81. The van der Waals surface area contributed by atoms with Gasteiger partial charge in [-0.3, -0.25) is 0 Å². The monoisotopic (exact) mass is 283 g/mol. The van der Waals surface area contributed by atoms with Crippen molar-refractivity contribution in [2.45, 2.75) is 52.4 Å². The average Bonchev–Trinajstić information content (AvgIpc) is 2.16. The van der Waals surface area contributed by atoms with Gasteiger partial charge in [-0.1, -0.05) is 59.7 Å². The first-order chi connectivity index (χ1) is 7.62. The van der Waals surface area contributed by atoms with Crippen molar-refractivity contribution in [3.8, 4) is 0 Å². The lowest BCUT2D eigenvalue weighted by molar-refractivity contribution is 0.568. The van der Waals surface area contributed by atoms with Crippen LogP contribution in [0.4, 0.5) is 0 Å². The molecule has 1 radical (unpaired) electrons. The highest BCUT2D eigenvalue weighted by molar-refractivity contribution is 7.22. The van der Waals surface area contributed by atoms with E-state index in [2.05, 4.69) is 65.8 Å². The molecule has 1 rings (SSSR count). The highest BCUT2D eigenvalue weighted by atomic mass is 35.6. The summed E-state index contributed by atoms with van der Waals surface area (Å²) in [6, 6.07) is 9.73. The fourth-order valence-corrected chi connectivity index (χ4v) is 1.34. The largest absolute Gasteiger partial charge is 0.618 e. The summed E-state index contributed by atoms with van der Waals surface area (Å²) in [6.07, 6.45) is 0. The van der Waals surface area contributed by atoms with Crippen molar-refractivity contribution in [1.82, 2.24) is 0 Å². The molecule has 0 atom stereocenters.